The molecule has 0 N–H and O–H groups in total. The van der Waals surface area contributed by atoms with Gasteiger partial charge in [-0.3, -0.25) is 0 Å². The fourth-order valence-electron chi connectivity index (χ4n) is 1.21. The minimum absolute atomic E-state index is 0.0597. The fourth-order valence-corrected chi connectivity index (χ4v) is 1.21. The molecule has 12 heavy (non-hydrogen) atoms. The van der Waals surface area contributed by atoms with Crippen LogP contribution in [0.25, 0.3) is 0 Å². The van der Waals surface area contributed by atoms with E-state index in [0.717, 1.165) is 6.42 Å². The molecule has 0 rings (SSSR count). The number of hydrogen-bond donors (Lipinski definition) is 0. The largest absolute Gasteiger partial charge is 0.375 e. The van der Waals surface area contributed by atoms with Crippen molar-refractivity contribution in [2.24, 2.45) is 0 Å². The van der Waals surface area contributed by atoms with Crippen LogP contribution in [-0.4, -0.2) is 19.1 Å². The summed E-state index contributed by atoms with van der Waals surface area (Å²) in [6.45, 7) is 3.62. The summed E-state index contributed by atoms with van der Waals surface area (Å²) in [5.74, 6) is -2.65. The molecule has 0 aliphatic heterocycles. The van der Waals surface area contributed by atoms with Crippen LogP contribution >= 0.6 is 0 Å². The van der Waals surface area contributed by atoms with Gasteiger partial charge in [0, 0.05) is 13.5 Å². The molecule has 0 heterocycles. The Hall–Kier alpha value is -0.180. The fraction of sp³-hybridized carbons (Fsp3) is 1.00. The van der Waals surface area contributed by atoms with E-state index in [1.54, 1.807) is 6.92 Å². The third kappa shape index (κ3) is 3.48. The van der Waals surface area contributed by atoms with E-state index in [2.05, 4.69) is 0 Å². The summed E-state index contributed by atoms with van der Waals surface area (Å²) in [6, 6.07) is 0. The third-order valence-electron chi connectivity index (χ3n) is 1.99. The van der Waals surface area contributed by atoms with Crippen LogP contribution in [0.2, 0.25) is 0 Å². The van der Waals surface area contributed by atoms with Crippen molar-refractivity contribution in [1.29, 1.82) is 0 Å². The SMILES string of the molecule is CCCCC(F)(F)C(CC)OC. The first-order valence-corrected chi connectivity index (χ1v) is 4.49. The second-order valence-electron chi connectivity index (χ2n) is 3.00. The zero-order valence-electron chi connectivity index (χ0n) is 8.07. The lowest BCUT2D eigenvalue weighted by Gasteiger charge is -2.24. The standard InChI is InChI=1S/C9H18F2O/c1-4-6-7-9(10,11)8(5-2)12-3/h8H,4-7H2,1-3H3. The molecule has 0 fully saturated rings. The Labute approximate surface area is 73.1 Å². The van der Waals surface area contributed by atoms with Crippen LogP contribution in [0.5, 0.6) is 0 Å². The van der Waals surface area contributed by atoms with E-state index in [1.165, 1.54) is 7.11 Å². The molecule has 0 aliphatic rings. The summed E-state index contributed by atoms with van der Waals surface area (Å²) in [6.07, 6.45) is 0.759. The molecule has 3 heteroatoms. The molecule has 0 spiro atoms. The second kappa shape index (κ2) is 5.46. The summed E-state index contributed by atoms with van der Waals surface area (Å²) < 4.78 is 31.0. The maximum atomic E-state index is 13.2. The van der Waals surface area contributed by atoms with Crippen molar-refractivity contribution < 1.29 is 13.5 Å². The van der Waals surface area contributed by atoms with Gasteiger partial charge in [0.15, 0.2) is 0 Å². The summed E-state index contributed by atoms with van der Waals surface area (Å²) in [5.41, 5.74) is 0. The van der Waals surface area contributed by atoms with Crippen molar-refractivity contribution in [3.8, 4) is 0 Å². The molecule has 1 unspecified atom stereocenters. The Kier molecular flexibility index (Phi) is 5.38. The maximum absolute atomic E-state index is 13.2. The van der Waals surface area contributed by atoms with Gasteiger partial charge in [0.05, 0.1) is 0 Å². The smallest absolute Gasteiger partial charge is 0.273 e. The number of alkyl halides is 2. The van der Waals surface area contributed by atoms with E-state index in [0.29, 0.717) is 12.8 Å². The van der Waals surface area contributed by atoms with Crippen molar-refractivity contribution >= 4 is 0 Å². The maximum Gasteiger partial charge on any atom is 0.273 e. The molecule has 0 radical (unpaired) electrons. The monoisotopic (exact) mass is 180 g/mol. The van der Waals surface area contributed by atoms with Crippen molar-refractivity contribution in [3.05, 3.63) is 0 Å². The Bertz CT molecular complexity index is 111. The average Bonchev–Trinajstić information content (AvgIpc) is 2.03. The van der Waals surface area contributed by atoms with Gasteiger partial charge < -0.3 is 4.74 Å². The molecule has 0 saturated heterocycles. The van der Waals surface area contributed by atoms with Gasteiger partial charge in [0.2, 0.25) is 0 Å². The van der Waals surface area contributed by atoms with Gasteiger partial charge in [-0.15, -0.1) is 0 Å². The Balaban J connectivity index is 3.96. The number of unbranched alkanes of at least 4 members (excludes halogenated alkanes) is 1. The zero-order valence-corrected chi connectivity index (χ0v) is 8.07. The highest BCUT2D eigenvalue weighted by molar-refractivity contribution is 4.76. The van der Waals surface area contributed by atoms with Crippen LogP contribution in [0.3, 0.4) is 0 Å². The van der Waals surface area contributed by atoms with E-state index in [-0.39, 0.29) is 6.42 Å². The van der Waals surface area contributed by atoms with Gasteiger partial charge in [0.25, 0.3) is 5.92 Å². The molecule has 1 nitrogen and oxygen atoms in total. The minimum Gasteiger partial charge on any atom is -0.375 e. The van der Waals surface area contributed by atoms with Crippen molar-refractivity contribution in [2.75, 3.05) is 7.11 Å². The number of hydrogen-bond acceptors (Lipinski definition) is 1. The molecule has 0 bridgehead atoms. The number of rotatable bonds is 6. The molecular formula is C9H18F2O. The van der Waals surface area contributed by atoms with Crippen molar-refractivity contribution in [2.45, 2.75) is 51.6 Å². The molecular weight excluding hydrogens is 162 g/mol. The molecule has 0 aromatic rings. The van der Waals surface area contributed by atoms with Gasteiger partial charge in [0.1, 0.15) is 6.10 Å². The molecule has 0 aliphatic carbocycles. The molecule has 0 aromatic carbocycles. The van der Waals surface area contributed by atoms with Crippen LogP contribution in [0.1, 0.15) is 39.5 Å². The van der Waals surface area contributed by atoms with Crippen LogP contribution in [-0.2, 0) is 4.74 Å². The predicted molar refractivity (Wildman–Crippen MR) is 45.6 cm³/mol. The van der Waals surface area contributed by atoms with Crippen molar-refractivity contribution in [3.63, 3.8) is 0 Å². The van der Waals surface area contributed by atoms with Gasteiger partial charge in [-0.25, -0.2) is 8.78 Å². The lowest BCUT2D eigenvalue weighted by molar-refractivity contribution is -0.130. The summed E-state index contributed by atoms with van der Waals surface area (Å²) in [5, 5.41) is 0. The van der Waals surface area contributed by atoms with Gasteiger partial charge in [-0.2, -0.15) is 0 Å². The molecule has 0 saturated carbocycles. The zero-order chi connectivity index (χ0) is 9.61. The topological polar surface area (TPSA) is 9.23 Å². The van der Waals surface area contributed by atoms with Gasteiger partial charge >= 0.3 is 0 Å². The summed E-state index contributed by atoms with van der Waals surface area (Å²) in [4.78, 5) is 0. The number of ether oxygens (including phenoxy) is 1. The Morgan fingerprint density at radius 2 is 1.92 bits per heavy atom. The quantitative estimate of drug-likeness (QED) is 0.609. The van der Waals surface area contributed by atoms with Crippen molar-refractivity contribution in [1.82, 2.24) is 0 Å². The molecule has 0 amide bonds. The highest BCUT2D eigenvalue weighted by Crippen LogP contribution is 2.28. The molecule has 1 atom stereocenters. The van der Waals surface area contributed by atoms with Crippen LogP contribution in [0.4, 0.5) is 8.78 Å². The van der Waals surface area contributed by atoms with Gasteiger partial charge in [-0.05, 0) is 12.8 Å². The first kappa shape index (κ1) is 11.8. The van der Waals surface area contributed by atoms with Gasteiger partial charge in [-0.1, -0.05) is 20.3 Å². The van der Waals surface area contributed by atoms with E-state index in [4.69, 9.17) is 4.74 Å². The Morgan fingerprint density at radius 1 is 1.33 bits per heavy atom. The van der Waals surface area contributed by atoms with Crippen LogP contribution < -0.4 is 0 Å². The number of halogens is 2. The van der Waals surface area contributed by atoms with Crippen LogP contribution in [0.15, 0.2) is 0 Å². The Morgan fingerprint density at radius 3 is 2.25 bits per heavy atom. The highest BCUT2D eigenvalue weighted by atomic mass is 19.3. The third-order valence-corrected chi connectivity index (χ3v) is 1.99. The van der Waals surface area contributed by atoms with Crippen LogP contribution in [0, 0.1) is 0 Å². The first-order chi connectivity index (χ1) is 5.58. The molecule has 74 valence electrons. The first-order valence-electron chi connectivity index (χ1n) is 4.49. The van der Waals surface area contributed by atoms with E-state index >= 15 is 0 Å². The predicted octanol–water partition coefficient (Wildman–Crippen LogP) is 3.24. The van der Waals surface area contributed by atoms with E-state index in [1.807, 2.05) is 6.92 Å². The van der Waals surface area contributed by atoms with E-state index in [9.17, 15) is 8.78 Å². The summed E-state index contributed by atoms with van der Waals surface area (Å²) in [7, 11) is 1.34. The lowest BCUT2D eigenvalue weighted by Crippen LogP contribution is -2.34. The lowest BCUT2D eigenvalue weighted by atomic mass is 10.0. The highest BCUT2D eigenvalue weighted by Gasteiger charge is 2.37. The minimum atomic E-state index is -2.65. The normalized spacial score (nSPS) is 14.8. The second-order valence-corrected chi connectivity index (χ2v) is 3.00. The average molecular weight is 180 g/mol. The summed E-state index contributed by atoms with van der Waals surface area (Å²) >= 11 is 0. The number of methoxy groups -OCH3 is 1. The van der Waals surface area contributed by atoms with E-state index < -0.39 is 12.0 Å². The molecule has 0 aromatic heterocycles.